The van der Waals surface area contributed by atoms with E-state index in [1.54, 1.807) is 17.8 Å². The lowest BCUT2D eigenvalue weighted by atomic mass is 10.2. The second kappa shape index (κ2) is 7.88. The second-order valence-corrected chi connectivity index (χ2v) is 8.03. The summed E-state index contributed by atoms with van der Waals surface area (Å²) in [6.45, 7) is 2.77. The molecule has 0 N–H and O–H groups in total. The van der Waals surface area contributed by atoms with Crippen LogP contribution in [0.5, 0.6) is 5.75 Å². The van der Waals surface area contributed by atoms with Gasteiger partial charge in [-0.15, -0.1) is 13.2 Å². The normalized spacial score (nSPS) is 16.9. The van der Waals surface area contributed by atoms with Crippen molar-refractivity contribution in [1.82, 2.24) is 14.8 Å². The number of alkyl halides is 3. The molecule has 3 heterocycles. The standard InChI is InChI=1S/C19H19F3N4O3S/c1-11-8-15(24-25(11)2)17(27)26(10-13-4-3-7-28-13)18-23-14-6-5-12(9-16(14)30-18)29-19(20,21)22/h5-6,8-9,13H,3-4,7,10H2,1-2H3. The number of aromatic nitrogens is 3. The molecule has 0 saturated carbocycles. The predicted octanol–water partition coefficient (Wildman–Crippen LogP) is 4.06. The Hall–Kier alpha value is -2.66. The molecular formula is C19H19F3N4O3S. The maximum Gasteiger partial charge on any atom is 0.573 e. The number of nitrogens with zero attached hydrogens (tertiary/aromatic N) is 4. The first-order chi connectivity index (χ1) is 14.2. The monoisotopic (exact) mass is 440 g/mol. The van der Waals surface area contributed by atoms with E-state index in [0.717, 1.165) is 29.9 Å². The van der Waals surface area contributed by atoms with Gasteiger partial charge >= 0.3 is 6.36 Å². The molecule has 1 unspecified atom stereocenters. The van der Waals surface area contributed by atoms with Crippen molar-refractivity contribution < 1.29 is 27.4 Å². The van der Waals surface area contributed by atoms with Crippen LogP contribution in [0.3, 0.4) is 0 Å². The summed E-state index contributed by atoms with van der Waals surface area (Å²) in [6, 6.07) is 5.60. The van der Waals surface area contributed by atoms with Crippen LogP contribution < -0.4 is 9.64 Å². The minimum absolute atomic E-state index is 0.130. The summed E-state index contributed by atoms with van der Waals surface area (Å²) in [5.74, 6) is -0.664. The number of thiazole rings is 1. The smallest absolute Gasteiger partial charge is 0.406 e. The molecule has 160 valence electrons. The van der Waals surface area contributed by atoms with Crippen molar-refractivity contribution in [1.29, 1.82) is 0 Å². The number of benzene rings is 1. The van der Waals surface area contributed by atoms with E-state index in [9.17, 15) is 18.0 Å². The van der Waals surface area contributed by atoms with Crippen molar-refractivity contribution >= 4 is 32.6 Å². The summed E-state index contributed by atoms with van der Waals surface area (Å²) >= 11 is 1.12. The number of halogens is 3. The molecule has 0 aliphatic carbocycles. The molecule has 2 aromatic heterocycles. The molecule has 3 aromatic rings. The van der Waals surface area contributed by atoms with Gasteiger partial charge in [0.1, 0.15) is 5.75 Å². The number of hydrogen-bond donors (Lipinski definition) is 0. The van der Waals surface area contributed by atoms with Crippen LogP contribution in [0, 0.1) is 6.92 Å². The molecule has 11 heteroatoms. The lowest BCUT2D eigenvalue weighted by Crippen LogP contribution is -2.37. The van der Waals surface area contributed by atoms with Crippen LogP contribution in [0.4, 0.5) is 18.3 Å². The number of fused-ring (bicyclic) bond motifs is 1. The molecule has 1 saturated heterocycles. The van der Waals surface area contributed by atoms with Crippen LogP contribution >= 0.6 is 11.3 Å². The molecule has 0 radical (unpaired) electrons. The third kappa shape index (κ3) is 4.41. The van der Waals surface area contributed by atoms with Gasteiger partial charge in [0.2, 0.25) is 0 Å². The average Bonchev–Trinajstić information content (AvgIpc) is 3.38. The van der Waals surface area contributed by atoms with Crippen LogP contribution in [0.2, 0.25) is 0 Å². The van der Waals surface area contributed by atoms with E-state index in [1.165, 1.54) is 23.1 Å². The Bertz CT molecular complexity index is 1050. The number of ether oxygens (including phenoxy) is 2. The molecule has 1 fully saturated rings. The molecular weight excluding hydrogens is 421 g/mol. The van der Waals surface area contributed by atoms with E-state index in [1.807, 2.05) is 6.92 Å². The van der Waals surface area contributed by atoms with Gasteiger partial charge in [-0.05, 0) is 38.0 Å². The highest BCUT2D eigenvalue weighted by atomic mass is 32.1. The third-order valence-corrected chi connectivity index (χ3v) is 5.84. The molecule has 1 aromatic carbocycles. The highest BCUT2D eigenvalue weighted by molar-refractivity contribution is 7.22. The quantitative estimate of drug-likeness (QED) is 0.599. The topological polar surface area (TPSA) is 69.5 Å². The molecule has 7 nitrogen and oxygen atoms in total. The molecule has 1 atom stereocenters. The van der Waals surface area contributed by atoms with Gasteiger partial charge in [-0.1, -0.05) is 11.3 Å². The molecule has 4 rings (SSSR count). The zero-order valence-corrected chi connectivity index (χ0v) is 17.1. The summed E-state index contributed by atoms with van der Waals surface area (Å²) in [6.07, 6.45) is -3.18. The van der Waals surface area contributed by atoms with Gasteiger partial charge in [0.05, 0.1) is 22.9 Å². The number of carbonyl (C=O) groups excluding carboxylic acids is 1. The van der Waals surface area contributed by atoms with E-state index < -0.39 is 6.36 Å². The van der Waals surface area contributed by atoms with Crippen molar-refractivity contribution in [3.05, 3.63) is 35.7 Å². The number of rotatable bonds is 5. The van der Waals surface area contributed by atoms with Crippen molar-refractivity contribution in [2.24, 2.45) is 7.05 Å². The Morgan fingerprint density at radius 2 is 2.20 bits per heavy atom. The average molecular weight is 440 g/mol. The van der Waals surface area contributed by atoms with E-state index in [-0.39, 0.29) is 23.5 Å². The van der Waals surface area contributed by atoms with Crippen molar-refractivity contribution in [3.8, 4) is 5.75 Å². The molecule has 1 aliphatic heterocycles. The van der Waals surface area contributed by atoms with Crippen LogP contribution in [0.25, 0.3) is 10.2 Å². The summed E-state index contributed by atoms with van der Waals surface area (Å²) in [7, 11) is 1.75. The maximum atomic E-state index is 13.2. The molecule has 0 spiro atoms. The first-order valence-electron chi connectivity index (χ1n) is 9.30. The molecule has 30 heavy (non-hydrogen) atoms. The number of hydrogen-bond acceptors (Lipinski definition) is 6. The first kappa shape index (κ1) is 20.6. The molecule has 0 bridgehead atoms. The molecule has 1 amide bonds. The third-order valence-electron chi connectivity index (χ3n) is 4.80. The summed E-state index contributed by atoms with van der Waals surface area (Å²) < 4.78 is 49.3. The number of anilines is 1. The Labute approximate surface area is 174 Å². The Morgan fingerprint density at radius 3 is 2.83 bits per heavy atom. The van der Waals surface area contributed by atoms with Crippen LogP contribution in [0.15, 0.2) is 24.3 Å². The van der Waals surface area contributed by atoms with Gasteiger partial charge in [-0.2, -0.15) is 5.10 Å². The maximum absolute atomic E-state index is 13.2. The van der Waals surface area contributed by atoms with Crippen molar-refractivity contribution in [3.63, 3.8) is 0 Å². The van der Waals surface area contributed by atoms with E-state index in [2.05, 4.69) is 14.8 Å². The fourth-order valence-corrected chi connectivity index (χ4v) is 4.25. The second-order valence-electron chi connectivity index (χ2n) is 7.02. The van der Waals surface area contributed by atoms with Gasteiger partial charge in [0.25, 0.3) is 5.91 Å². The van der Waals surface area contributed by atoms with Gasteiger partial charge in [-0.25, -0.2) is 4.98 Å². The van der Waals surface area contributed by atoms with E-state index in [0.29, 0.717) is 28.5 Å². The summed E-state index contributed by atoms with van der Waals surface area (Å²) in [5, 5.41) is 4.63. The number of aryl methyl sites for hydroxylation is 2. The minimum atomic E-state index is -4.78. The SMILES string of the molecule is Cc1cc(C(=O)N(CC2CCCO2)c2nc3ccc(OC(F)(F)F)cc3s2)nn1C. The van der Waals surface area contributed by atoms with Gasteiger partial charge in [0, 0.05) is 25.4 Å². The number of amides is 1. The van der Waals surface area contributed by atoms with Gasteiger partial charge in [0.15, 0.2) is 10.8 Å². The Kier molecular flexibility index (Phi) is 5.41. The summed E-state index contributed by atoms with van der Waals surface area (Å²) in [5.41, 5.74) is 1.58. The molecule has 1 aliphatic rings. The predicted molar refractivity (Wildman–Crippen MR) is 105 cm³/mol. The van der Waals surface area contributed by atoms with Gasteiger partial charge < -0.3 is 9.47 Å². The van der Waals surface area contributed by atoms with E-state index >= 15 is 0 Å². The highest BCUT2D eigenvalue weighted by Gasteiger charge is 2.32. The Morgan fingerprint density at radius 1 is 1.40 bits per heavy atom. The highest BCUT2D eigenvalue weighted by Crippen LogP contribution is 2.34. The zero-order chi connectivity index (χ0) is 21.5. The van der Waals surface area contributed by atoms with Crippen LogP contribution in [0.1, 0.15) is 29.0 Å². The fraction of sp³-hybridized carbons (Fsp3) is 0.421. The van der Waals surface area contributed by atoms with Crippen molar-refractivity contribution in [2.75, 3.05) is 18.1 Å². The largest absolute Gasteiger partial charge is 0.573 e. The number of carbonyl (C=O) groups is 1. The van der Waals surface area contributed by atoms with Gasteiger partial charge in [-0.3, -0.25) is 14.4 Å². The lowest BCUT2D eigenvalue weighted by molar-refractivity contribution is -0.274. The Balaban J connectivity index is 1.68. The summed E-state index contributed by atoms with van der Waals surface area (Å²) in [4.78, 5) is 19.2. The van der Waals surface area contributed by atoms with Crippen molar-refractivity contribution in [2.45, 2.75) is 32.2 Å². The van der Waals surface area contributed by atoms with E-state index in [4.69, 9.17) is 4.74 Å². The first-order valence-corrected chi connectivity index (χ1v) is 10.1. The fourth-order valence-electron chi connectivity index (χ4n) is 3.25. The zero-order valence-electron chi connectivity index (χ0n) is 16.3. The lowest BCUT2D eigenvalue weighted by Gasteiger charge is -2.22. The van der Waals surface area contributed by atoms with Crippen LogP contribution in [-0.2, 0) is 11.8 Å². The minimum Gasteiger partial charge on any atom is -0.406 e. The van der Waals surface area contributed by atoms with Crippen LogP contribution in [-0.4, -0.2) is 46.3 Å².